The minimum absolute atomic E-state index is 0.302. The van der Waals surface area contributed by atoms with Gasteiger partial charge in [0.2, 0.25) is 5.28 Å². The molecule has 2 heterocycles. The Morgan fingerprint density at radius 1 is 1.09 bits per heavy atom. The van der Waals surface area contributed by atoms with E-state index in [1.54, 1.807) is 16.8 Å². The van der Waals surface area contributed by atoms with E-state index in [0.717, 1.165) is 17.9 Å². The van der Waals surface area contributed by atoms with Crippen LogP contribution in [-0.4, -0.2) is 35.0 Å². The van der Waals surface area contributed by atoms with E-state index in [4.69, 9.17) is 23.2 Å². The summed E-state index contributed by atoms with van der Waals surface area (Å²) in [6, 6.07) is 7.30. The molecule has 9 heteroatoms. The highest BCUT2D eigenvalue weighted by Crippen LogP contribution is 2.30. The van der Waals surface area contributed by atoms with Gasteiger partial charge in [0.05, 0.1) is 0 Å². The van der Waals surface area contributed by atoms with Gasteiger partial charge in [-0.25, -0.2) is 9.36 Å². The molecule has 1 saturated carbocycles. The fraction of sp³-hybridized carbons (Fsp3) is 0.357. The molecule has 3 aromatic rings. The van der Waals surface area contributed by atoms with Crippen molar-refractivity contribution < 1.29 is 0 Å². The maximum absolute atomic E-state index is 6.20. The third kappa shape index (κ3) is 3.20. The second-order valence-corrected chi connectivity index (χ2v) is 6.36. The molecule has 2 aromatic heterocycles. The summed E-state index contributed by atoms with van der Waals surface area (Å²) in [6.45, 7) is 1.23. The Kier molecular flexibility index (Phi) is 3.74. The van der Waals surface area contributed by atoms with Gasteiger partial charge in [-0.05, 0) is 65.1 Å². The van der Waals surface area contributed by atoms with Gasteiger partial charge in [-0.1, -0.05) is 11.6 Å². The van der Waals surface area contributed by atoms with E-state index in [0.29, 0.717) is 28.6 Å². The van der Waals surface area contributed by atoms with Crippen LogP contribution >= 0.6 is 23.2 Å². The molecule has 0 unspecified atom stereocenters. The molecule has 0 bridgehead atoms. The molecule has 23 heavy (non-hydrogen) atoms. The monoisotopic (exact) mass is 349 g/mol. The Balaban J connectivity index is 1.57. The van der Waals surface area contributed by atoms with E-state index in [1.165, 1.54) is 12.8 Å². The van der Waals surface area contributed by atoms with Gasteiger partial charge in [-0.15, -0.1) is 10.2 Å². The van der Waals surface area contributed by atoms with Crippen LogP contribution in [0.25, 0.3) is 11.4 Å². The summed E-state index contributed by atoms with van der Waals surface area (Å²) in [7, 11) is 0. The van der Waals surface area contributed by atoms with Gasteiger partial charge in [-0.2, -0.15) is 4.98 Å². The zero-order valence-electron chi connectivity index (χ0n) is 12.1. The van der Waals surface area contributed by atoms with Crippen LogP contribution in [0.15, 0.2) is 24.3 Å². The average molecular weight is 350 g/mol. The van der Waals surface area contributed by atoms with E-state index in [2.05, 4.69) is 25.6 Å². The number of benzene rings is 1. The van der Waals surface area contributed by atoms with Crippen LogP contribution in [0.3, 0.4) is 0 Å². The minimum Gasteiger partial charge on any atom is -0.228 e. The van der Waals surface area contributed by atoms with Crippen molar-refractivity contribution in [1.82, 2.24) is 35.0 Å². The Morgan fingerprint density at radius 2 is 1.87 bits per heavy atom. The normalized spacial score (nSPS) is 14.3. The van der Waals surface area contributed by atoms with Crippen LogP contribution in [0.4, 0.5) is 0 Å². The predicted molar refractivity (Wildman–Crippen MR) is 85.1 cm³/mol. The Hall–Kier alpha value is -1.99. The van der Waals surface area contributed by atoms with E-state index < -0.39 is 0 Å². The molecule has 0 amide bonds. The third-order valence-corrected chi connectivity index (χ3v) is 4.29. The van der Waals surface area contributed by atoms with Crippen LogP contribution in [-0.2, 0) is 13.1 Å². The summed E-state index contributed by atoms with van der Waals surface area (Å²) in [5.74, 6) is 1.97. The maximum atomic E-state index is 6.20. The SMILES string of the molecule is Clc1ccc(-c2nc(Cl)n(Cc3nnnn3CC3CC3)n2)cc1. The van der Waals surface area contributed by atoms with Crippen LogP contribution in [0.1, 0.15) is 18.7 Å². The zero-order valence-corrected chi connectivity index (χ0v) is 13.6. The molecular formula is C14H13Cl2N7. The van der Waals surface area contributed by atoms with Gasteiger partial charge >= 0.3 is 0 Å². The van der Waals surface area contributed by atoms with Crippen molar-refractivity contribution in [1.29, 1.82) is 0 Å². The zero-order chi connectivity index (χ0) is 15.8. The van der Waals surface area contributed by atoms with Crippen LogP contribution in [0.5, 0.6) is 0 Å². The van der Waals surface area contributed by atoms with Crippen molar-refractivity contribution in [2.45, 2.75) is 25.9 Å². The average Bonchev–Trinajstić information content (AvgIpc) is 3.14. The molecule has 1 aromatic carbocycles. The number of hydrogen-bond donors (Lipinski definition) is 0. The number of rotatable bonds is 5. The Morgan fingerprint density at radius 3 is 2.61 bits per heavy atom. The lowest BCUT2D eigenvalue weighted by molar-refractivity contribution is 0.506. The third-order valence-electron chi connectivity index (χ3n) is 3.75. The first-order chi connectivity index (χ1) is 11.2. The lowest BCUT2D eigenvalue weighted by Gasteiger charge is -2.03. The van der Waals surface area contributed by atoms with E-state index in [1.807, 2.05) is 16.8 Å². The highest BCUT2D eigenvalue weighted by atomic mass is 35.5. The molecule has 4 rings (SSSR count). The Labute approximate surface area is 142 Å². The van der Waals surface area contributed by atoms with Crippen molar-refractivity contribution in [3.63, 3.8) is 0 Å². The topological polar surface area (TPSA) is 74.3 Å². The number of nitrogens with zero attached hydrogens (tertiary/aromatic N) is 7. The first-order valence-electron chi connectivity index (χ1n) is 7.30. The molecule has 1 aliphatic carbocycles. The fourth-order valence-corrected chi connectivity index (χ4v) is 2.61. The lowest BCUT2D eigenvalue weighted by Crippen LogP contribution is -2.12. The number of hydrogen-bond acceptors (Lipinski definition) is 5. The minimum atomic E-state index is 0.302. The van der Waals surface area contributed by atoms with E-state index in [9.17, 15) is 0 Å². The van der Waals surface area contributed by atoms with Crippen molar-refractivity contribution in [2.75, 3.05) is 0 Å². The summed E-state index contributed by atoms with van der Waals surface area (Å²) < 4.78 is 3.41. The molecule has 0 saturated heterocycles. The van der Waals surface area contributed by atoms with Gasteiger partial charge < -0.3 is 0 Å². The van der Waals surface area contributed by atoms with Gasteiger partial charge in [0, 0.05) is 17.1 Å². The van der Waals surface area contributed by atoms with Crippen molar-refractivity contribution in [3.8, 4) is 11.4 Å². The molecule has 0 N–H and O–H groups in total. The summed E-state index contributed by atoms with van der Waals surface area (Å²) in [5, 5.41) is 17.3. The van der Waals surface area contributed by atoms with E-state index >= 15 is 0 Å². The molecule has 0 spiro atoms. The predicted octanol–water partition coefficient (Wildman–Crippen LogP) is 2.70. The summed E-state index contributed by atoms with van der Waals surface area (Å²) >= 11 is 12.1. The first-order valence-corrected chi connectivity index (χ1v) is 8.06. The number of tetrazole rings is 1. The quantitative estimate of drug-likeness (QED) is 0.707. The Bertz CT molecular complexity index is 820. The van der Waals surface area contributed by atoms with Crippen LogP contribution < -0.4 is 0 Å². The first kappa shape index (κ1) is 14.6. The molecule has 0 aliphatic heterocycles. The largest absolute Gasteiger partial charge is 0.228 e. The maximum Gasteiger partial charge on any atom is 0.221 e. The fourth-order valence-electron chi connectivity index (χ4n) is 2.30. The van der Waals surface area contributed by atoms with Crippen molar-refractivity contribution >= 4 is 23.2 Å². The second-order valence-electron chi connectivity index (χ2n) is 5.59. The van der Waals surface area contributed by atoms with E-state index in [-0.39, 0.29) is 0 Å². The number of halogens is 2. The van der Waals surface area contributed by atoms with Crippen LogP contribution in [0, 0.1) is 5.92 Å². The highest BCUT2D eigenvalue weighted by Gasteiger charge is 2.24. The molecule has 118 valence electrons. The van der Waals surface area contributed by atoms with Crippen molar-refractivity contribution in [3.05, 3.63) is 40.4 Å². The second kappa shape index (κ2) is 5.90. The highest BCUT2D eigenvalue weighted by molar-refractivity contribution is 6.30. The van der Waals surface area contributed by atoms with Crippen LogP contribution in [0.2, 0.25) is 10.3 Å². The van der Waals surface area contributed by atoms with Gasteiger partial charge in [0.1, 0.15) is 6.54 Å². The number of aromatic nitrogens is 7. The summed E-state index contributed by atoms with van der Waals surface area (Å²) in [5.41, 5.74) is 0.854. The molecule has 0 atom stereocenters. The molecule has 0 radical (unpaired) electrons. The molecule has 7 nitrogen and oxygen atoms in total. The van der Waals surface area contributed by atoms with Gasteiger partial charge in [0.15, 0.2) is 11.6 Å². The smallest absolute Gasteiger partial charge is 0.221 e. The standard InChI is InChI=1S/C14H13Cl2N7/c15-11-5-3-10(4-6-11)13-17-14(16)23(19-13)8-12-18-20-21-22(12)7-9-1-2-9/h3-6,9H,1-2,7-8H2. The van der Waals surface area contributed by atoms with Crippen molar-refractivity contribution in [2.24, 2.45) is 5.92 Å². The lowest BCUT2D eigenvalue weighted by atomic mass is 10.2. The summed E-state index contributed by atoms with van der Waals surface area (Å²) in [6.07, 6.45) is 2.48. The molecular weight excluding hydrogens is 337 g/mol. The van der Waals surface area contributed by atoms with Gasteiger partial charge in [-0.3, -0.25) is 0 Å². The molecule has 1 aliphatic rings. The molecule has 1 fully saturated rings. The summed E-state index contributed by atoms with van der Waals surface area (Å²) in [4.78, 5) is 4.29. The van der Waals surface area contributed by atoms with Gasteiger partial charge in [0.25, 0.3) is 0 Å².